The van der Waals surface area contributed by atoms with Crippen molar-refractivity contribution in [3.05, 3.63) is 35.9 Å². The average Bonchev–Trinajstić information content (AvgIpc) is 2.25. The quantitative estimate of drug-likeness (QED) is 0.562. The van der Waals surface area contributed by atoms with Crippen molar-refractivity contribution in [2.24, 2.45) is 5.73 Å². The standard InChI is InChI=1S/C11H13NO2/c12-7-9-14-11-5-3-10(4-6-11)2-1-8-13/h1-6,8H,7,9,12H2. The first-order valence-electron chi connectivity index (χ1n) is 4.41. The Labute approximate surface area is 83.2 Å². The summed E-state index contributed by atoms with van der Waals surface area (Å²) in [6.07, 6.45) is 3.94. The summed E-state index contributed by atoms with van der Waals surface area (Å²) in [6.45, 7) is 1.02. The number of carbonyl (C=O) groups excluding carboxylic acids is 1. The van der Waals surface area contributed by atoms with E-state index in [0.717, 1.165) is 17.6 Å². The zero-order valence-electron chi connectivity index (χ0n) is 7.85. The molecule has 0 spiro atoms. The third kappa shape index (κ3) is 3.41. The Kier molecular flexibility index (Phi) is 4.44. The van der Waals surface area contributed by atoms with Crippen molar-refractivity contribution in [1.82, 2.24) is 0 Å². The molecule has 0 aliphatic carbocycles. The van der Waals surface area contributed by atoms with E-state index in [1.54, 1.807) is 6.08 Å². The van der Waals surface area contributed by atoms with Crippen LogP contribution < -0.4 is 10.5 Å². The van der Waals surface area contributed by atoms with Gasteiger partial charge in [0.1, 0.15) is 18.6 Å². The van der Waals surface area contributed by atoms with Gasteiger partial charge in [0.15, 0.2) is 0 Å². The zero-order valence-corrected chi connectivity index (χ0v) is 7.85. The van der Waals surface area contributed by atoms with Crippen molar-refractivity contribution < 1.29 is 9.53 Å². The molecule has 1 aromatic rings. The largest absolute Gasteiger partial charge is 0.492 e. The number of hydrogen-bond donors (Lipinski definition) is 1. The molecule has 1 aromatic carbocycles. The first-order chi connectivity index (χ1) is 6.86. The SMILES string of the molecule is NCCOc1ccc(C=CC=O)cc1. The molecule has 74 valence electrons. The van der Waals surface area contributed by atoms with Crippen LogP contribution in [0.25, 0.3) is 6.08 Å². The third-order valence-electron chi connectivity index (χ3n) is 1.63. The summed E-state index contributed by atoms with van der Waals surface area (Å²) < 4.78 is 5.30. The number of ether oxygens (including phenoxy) is 1. The fourth-order valence-corrected chi connectivity index (χ4v) is 1.00. The van der Waals surface area contributed by atoms with E-state index in [1.807, 2.05) is 24.3 Å². The van der Waals surface area contributed by atoms with E-state index in [0.29, 0.717) is 13.2 Å². The maximum atomic E-state index is 10.1. The molecule has 0 aliphatic rings. The molecule has 3 heteroatoms. The van der Waals surface area contributed by atoms with E-state index < -0.39 is 0 Å². The van der Waals surface area contributed by atoms with Gasteiger partial charge in [0, 0.05) is 6.54 Å². The van der Waals surface area contributed by atoms with Gasteiger partial charge in [0.05, 0.1) is 0 Å². The number of nitrogens with two attached hydrogens (primary N) is 1. The van der Waals surface area contributed by atoms with Gasteiger partial charge in [-0.1, -0.05) is 18.2 Å². The van der Waals surface area contributed by atoms with Crippen LogP contribution in [0.2, 0.25) is 0 Å². The maximum absolute atomic E-state index is 10.1. The van der Waals surface area contributed by atoms with Gasteiger partial charge in [-0.15, -0.1) is 0 Å². The number of allylic oxidation sites excluding steroid dienone is 1. The van der Waals surface area contributed by atoms with Crippen molar-refractivity contribution in [2.45, 2.75) is 0 Å². The lowest BCUT2D eigenvalue weighted by atomic mass is 10.2. The number of carbonyl (C=O) groups is 1. The van der Waals surface area contributed by atoms with Gasteiger partial charge in [-0.3, -0.25) is 4.79 Å². The number of rotatable bonds is 5. The molecule has 0 aliphatic heterocycles. The van der Waals surface area contributed by atoms with Crippen LogP contribution in [0.15, 0.2) is 30.3 Å². The second kappa shape index (κ2) is 5.94. The summed E-state index contributed by atoms with van der Waals surface area (Å²) in [6, 6.07) is 7.46. The minimum atomic E-state index is 0.507. The molecule has 0 aromatic heterocycles. The van der Waals surface area contributed by atoms with Crippen molar-refractivity contribution in [3.8, 4) is 5.75 Å². The molecular formula is C11H13NO2. The Bertz CT molecular complexity index is 304. The average molecular weight is 191 g/mol. The highest BCUT2D eigenvalue weighted by molar-refractivity contribution is 5.73. The van der Waals surface area contributed by atoms with Gasteiger partial charge in [0.2, 0.25) is 0 Å². The van der Waals surface area contributed by atoms with Crippen LogP contribution in [-0.2, 0) is 4.79 Å². The Morgan fingerprint density at radius 1 is 1.29 bits per heavy atom. The maximum Gasteiger partial charge on any atom is 0.142 e. The Hall–Kier alpha value is -1.61. The zero-order chi connectivity index (χ0) is 10.2. The molecule has 0 heterocycles. The van der Waals surface area contributed by atoms with Crippen LogP contribution in [0.1, 0.15) is 5.56 Å². The van der Waals surface area contributed by atoms with Gasteiger partial charge in [-0.05, 0) is 23.8 Å². The van der Waals surface area contributed by atoms with E-state index in [-0.39, 0.29) is 0 Å². The topological polar surface area (TPSA) is 52.3 Å². The molecule has 0 unspecified atom stereocenters. The second-order valence-electron chi connectivity index (χ2n) is 2.70. The summed E-state index contributed by atoms with van der Waals surface area (Å²) in [5, 5.41) is 0. The molecule has 0 saturated heterocycles. The first kappa shape index (κ1) is 10.5. The highest BCUT2D eigenvalue weighted by Crippen LogP contribution is 2.12. The fourth-order valence-electron chi connectivity index (χ4n) is 1.00. The van der Waals surface area contributed by atoms with Crippen molar-refractivity contribution in [1.29, 1.82) is 0 Å². The minimum Gasteiger partial charge on any atom is -0.492 e. The number of hydrogen-bond acceptors (Lipinski definition) is 3. The monoisotopic (exact) mass is 191 g/mol. The van der Waals surface area contributed by atoms with E-state index in [1.165, 1.54) is 6.08 Å². The summed E-state index contributed by atoms with van der Waals surface area (Å²) in [7, 11) is 0. The summed E-state index contributed by atoms with van der Waals surface area (Å²) in [5.74, 6) is 0.790. The molecule has 0 saturated carbocycles. The third-order valence-corrected chi connectivity index (χ3v) is 1.63. The van der Waals surface area contributed by atoms with Gasteiger partial charge in [0.25, 0.3) is 0 Å². The minimum absolute atomic E-state index is 0.507. The van der Waals surface area contributed by atoms with Crippen LogP contribution >= 0.6 is 0 Å². The summed E-state index contributed by atoms with van der Waals surface area (Å²) in [4.78, 5) is 10.1. The molecule has 0 bridgehead atoms. The summed E-state index contributed by atoms with van der Waals surface area (Å²) in [5.41, 5.74) is 6.27. The van der Waals surface area contributed by atoms with Gasteiger partial charge in [-0.2, -0.15) is 0 Å². The Morgan fingerprint density at radius 2 is 2.00 bits per heavy atom. The van der Waals surface area contributed by atoms with Crippen LogP contribution in [0.5, 0.6) is 5.75 Å². The fraction of sp³-hybridized carbons (Fsp3) is 0.182. The number of benzene rings is 1. The van der Waals surface area contributed by atoms with E-state index >= 15 is 0 Å². The Balaban J connectivity index is 2.59. The highest BCUT2D eigenvalue weighted by Gasteiger charge is 1.91. The predicted octanol–water partition coefficient (Wildman–Crippen LogP) is 1.24. The molecule has 14 heavy (non-hydrogen) atoms. The molecule has 0 amide bonds. The van der Waals surface area contributed by atoms with Crippen LogP contribution in [0.3, 0.4) is 0 Å². The van der Waals surface area contributed by atoms with Gasteiger partial charge in [-0.25, -0.2) is 0 Å². The normalized spacial score (nSPS) is 10.4. The lowest BCUT2D eigenvalue weighted by Gasteiger charge is -2.03. The Morgan fingerprint density at radius 3 is 2.57 bits per heavy atom. The van der Waals surface area contributed by atoms with Crippen LogP contribution in [0, 0.1) is 0 Å². The van der Waals surface area contributed by atoms with Crippen molar-refractivity contribution in [2.75, 3.05) is 13.2 Å². The van der Waals surface area contributed by atoms with Crippen molar-refractivity contribution in [3.63, 3.8) is 0 Å². The molecule has 2 N–H and O–H groups in total. The van der Waals surface area contributed by atoms with Crippen LogP contribution in [-0.4, -0.2) is 19.4 Å². The van der Waals surface area contributed by atoms with E-state index in [9.17, 15) is 4.79 Å². The second-order valence-corrected chi connectivity index (χ2v) is 2.70. The lowest BCUT2D eigenvalue weighted by molar-refractivity contribution is -0.104. The van der Waals surface area contributed by atoms with E-state index in [2.05, 4.69) is 0 Å². The molecule has 0 atom stereocenters. The first-order valence-corrected chi connectivity index (χ1v) is 4.41. The predicted molar refractivity (Wildman–Crippen MR) is 56.1 cm³/mol. The molecule has 0 fully saturated rings. The molecule has 3 nitrogen and oxygen atoms in total. The highest BCUT2D eigenvalue weighted by atomic mass is 16.5. The van der Waals surface area contributed by atoms with Crippen LogP contribution in [0.4, 0.5) is 0 Å². The summed E-state index contributed by atoms with van der Waals surface area (Å²) >= 11 is 0. The molecular weight excluding hydrogens is 178 g/mol. The lowest BCUT2D eigenvalue weighted by Crippen LogP contribution is -2.10. The van der Waals surface area contributed by atoms with Crippen molar-refractivity contribution >= 4 is 12.4 Å². The molecule has 1 rings (SSSR count). The molecule has 0 radical (unpaired) electrons. The number of aldehydes is 1. The van der Waals surface area contributed by atoms with Gasteiger partial charge < -0.3 is 10.5 Å². The van der Waals surface area contributed by atoms with Gasteiger partial charge >= 0.3 is 0 Å². The van der Waals surface area contributed by atoms with E-state index in [4.69, 9.17) is 10.5 Å². The smallest absolute Gasteiger partial charge is 0.142 e.